The molecule has 0 heterocycles. The molecule has 0 radical (unpaired) electrons. The molecule has 4 nitrogen and oxygen atoms in total. The van der Waals surface area contributed by atoms with Crippen LogP contribution in [-0.4, -0.2) is 17.0 Å². The number of hydrogen-bond acceptors (Lipinski definition) is 3. The van der Waals surface area contributed by atoms with Gasteiger partial charge in [-0.25, -0.2) is 9.59 Å². The van der Waals surface area contributed by atoms with E-state index in [1.165, 1.54) is 18.2 Å². The smallest absolute Gasteiger partial charge is 0.339 e. The minimum absolute atomic E-state index is 0.0303. The summed E-state index contributed by atoms with van der Waals surface area (Å²) < 4.78 is 5.02. The fraction of sp³-hybridized carbons (Fsp3) is 0. The Morgan fingerprint density at radius 1 is 0.950 bits per heavy atom. The predicted octanol–water partition coefficient (Wildman–Crippen LogP) is 3.00. The zero-order valence-electron chi connectivity index (χ0n) is 10.5. The number of ether oxygens (including phenoxy) is 1. The Kier molecular flexibility index (Phi) is 4.29. The van der Waals surface area contributed by atoms with Gasteiger partial charge in [-0.05, 0) is 23.8 Å². The molecule has 2 aromatic carbocycles. The number of carboxylic acid groups (broad SMARTS) is 1. The summed E-state index contributed by atoms with van der Waals surface area (Å²) in [6.07, 6.45) is 2.86. The molecule has 100 valence electrons. The molecular weight excluding hydrogens is 256 g/mol. The Bertz CT molecular complexity index is 645. The Labute approximate surface area is 115 Å². The second-order valence-electron chi connectivity index (χ2n) is 3.97. The molecule has 0 aromatic heterocycles. The van der Waals surface area contributed by atoms with Crippen molar-refractivity contribution in [2.24, 2.45) is 0 Å². The van der Waals surface area contributed by atoms with Gasteiger partial charge in [0.2, 0.25) is 0 Å². The van der Waals surface area contributed by atoms with Crippen LogP contribution >= 0.6 is 0 Å². The molecule has 0 unspecified atom stereocenters. The van der Waals surface area contributed by atoms with E-state index >= 15 is 0 Å². The summed E-state index contributed by atoms with van der Waals surface area (Å²) >= 11 is 0. The van der Waals surface area contributed by atoms with Gasteiger partial charge in [-0.15, -0.1) is 0 Å². The van der Waals surface area contributed by atoms with Gasteiger partial charge in [-0.1, -0.05) is 42.5 Å². The number of carbonyl (C=O) groups excluding carboxylic acids is 1. The number of para-hydroxylation sites is 1. The molecule has 4 heteroatoms. The molecule has 2 aromatic rings. The molecule has 0 saturated heterocycles. The number of rotatable bonds is 4. The van der Waals surface area contributed by atoms with Crippen molar-refractivity contribution in [1.82, 2.24) is 0 Å². The van der Waals surface area contributed by atoms with E-state index in [2.05, 4.69) is 0 Å². The van der Waals surface area contributed by atoms with Crippen molar-refractivity contribution < 1.29 is 19.4 Å². The Morgan fingerprint density at radius 2 is 1.60 bits per heavy atom. The Hall–Kier alpha value is -2.88. The predicted molar refractivity (Wildman–Crippen MR) is 74.5 cm³/mol. The van der Waals surface area contributed by atoms with Gasteiger partial charge in [-0.2, -0.15) is 0 Å². The zero-order valence-corrected chi connectivity index (χ0v) is 10.5. The van der Waals surface area contributed by atoms with Crippen LogP contribution in [0.2, 0.25) is 0 Å². The van der Waals surface area contributed by atoms with Gasteiger partial charge >= 0.3 is 11.9 Å². The van der Waals surface area contributed by atoms with E-state index in [1.54, 1.807) is 18.2 Å². The molecule has 0 saturated carbocycles. The highest BCUT2D eigenvalue weighted by molar-refractivity contribution is 5.94. The standard InChI is InChI=1S/C16H12O4/c17-15(11-10-12-6-2-1-3-7-12)20-14-9-5-4-8-13(14)16(18)19/h1-11H,(H,18,19)/b11-10+. The number of esters is 1. The lowest BCUT2D eigenvalue weighted by Gasteiger charge is -2.04. The highest BCUT2D eigenvalue weighted by Crippen LogP contribution is 2.18. The summed E-state index contributed by atoms with van der Waals surface area (Å²) in [5.74, 6) is -1.73. The van der Waals surface area contributed by atoms with Crippen molar-refractivity contribution in [2.45, 2.75) is 0 Å². The van der Waals surface area contributed by atoms with E-state index in [9.17, 15) is 9.59 Å². The lowest BCUT2D eigenvalue weighted by atomic mass is 10.2. The van der Waals surface area contributed by atoms with E-state index < -0.39 is 11.9 Å². The highest BCUT2D eigenvalue weighted by Gasteiger charge is 2.12. The molecule has 0 aliphatic heterocycles. The van der Waals surface area contributed by atoms with Gasteiger partial charge in [0.25, 0.3) is 0 Å². The minimum atomic E-state index is -1.14. The van der Waals surface area contributed by atoms with Crippen LogP contribution in [0, 0.1) is 0 Å². The first-order valence-electron chi connectivity index (χ1n) is 5.94. The van der Waals surface area contributed by atoms with Crippen molar-refractivity contribution >= 4 is 18.0 Å². The minimum Gasteiger partial charge on any atom is -0.478 e. The molecule has 0 amide bonds. The molecule has 0 bridgehead atoms. The molecule has 0 spiro atoms. The SMILES string of the molecule is O=C(/C=C/c1ccccc1)Oc1ccccc1C(=O)O. The first kappa shape index (κ1) is 13.5. The van der Waals surface area contributed by atoms with Gasteiger partial charge in [0.05, 0.1) is 0 Å². The lowest BCUT2D eigenvalue weighted by molar-refractivity contribution is -0.128. The van der Waals surface area contributed by atoms with Gasteiger partial charge in [0, 0.05) is 6.08 Å². The largest absolute Gasteiger partial charge is 0.478 e. The highest BCUT2D eigenvalue weighted by atomic mass is 16.5. The average Bonchev–Trinajstić information content (AvgIpc) is 2.46. The van der Waals surface area contributed by atoms with E-state index in [0.717, 1.165) is 5.56 Å². The third-order valence-corrected chi connectivity index (χ3v) is 2.54. The normalized spacial score (nSPS) is 10.4. The monoisotopic (exact) mass is 268 g/mol. The maximum absolute atomic E-state index is 11.7. The molecular formula is C16H12O4. The van der Waals surface area contributed by atoms with Crippen LogP contribution < -0.4 is 4.74 Å². The maximum Gasteiger partial charge on any atom is 0.339 e. The van der Waals surface area contributed by atoms with Crippen molar-refractivity contribution in [2.75, 3.05) is 0 Å². The van der Waals surface area contributed by atoms with Crippen LogP contribution in [0.4, 0.5) is 0 Å². The van der Waals surface area contributed by atoms with Crippen LogP contribution in [0.5, 0.6) is 5.75 Å². The van der Waals surface area contributed by atoms with E-state index in [0.29, 0.717) is 0 Å². The molecule has 1 N–H and O–H groups in total. The fourth-order valence-corrected chi connectivity index (χ4v) is 1.60. The van der Waals surface area contributed by atoms with E-state index in [4.69, 9.17) is 9.84 Å². The van der Waals surface area contributed by atoms with Crippen LogP contribution in [0.25, 0.3) is 6.08 Å². The van der Waals surface area contributed by atoms with Crippen LogP contribution in [0.15, 0.2) is 60.7 Å². The summed E-state index contributed by atoms with van der Waals surface area (Å²) in [7, 11) is 0. The van der Waals surface area contributed by atoms with E-state index in [1.807, 2.05) is 30.3 Å². The Balaban J connectivity index is 2.09. The second kappa shape index (κ2) is 6.33. The third kappa shape index (κ3) is 3.55. The number of benzene rings is 2. The van der Waals surface area contributed by atoms with Crippen molar-refractivity contribution in [1.29, 1.82) is 0 Å². The molecule has 2 rings (SSSR count). The van der Waals surface area contributed by atoms with Gasteiger partial charge < -0.3 is 9.84 Å². The number of carboxylic acids is 1. The number of hydrogen-bond donors (Lipinski definition) is 1. The van der Waals surface area contributed by atoms with E-state index in [-0.39, 0.29) is 11.3 Å². The summed E-state index contributed by atoms with van der Waals surface area (Å²) in [5.41, 5.74) is 0.810. The van der Waals surface area contributed by atoms with Crippen LogP contribution in [-0.2, 0) is 4.79 Å². The third-order valence-electron chi connectivity index (χ3n) is 2.54. The van der Waals surface area contributed by atoms with Crippen molar-refractivity contribution in [3.63, 3.8) is 0 Å². The summed E-state index contributed by atoms with van der Waals surface area (Å²) in [6.45, 7) is 0. The average molecular weight is 268 g/mol. The second-order valence-corrected chi connectivity index (χ2v) is 3.97. The van der Waals surface area contributed by atoms with Crippen molar-refractivity contribution in [3.8, 4) is 5.75 Å². The molecule has 0 fully saturated rings. The maximum atomic E-state index is 11.7. The molecule has 0 atom stereocenters. The van der Waals surface area contributed by atoms with Crippen LogP contribution in [0.3, 0.4) is 0 Å². The molecule has 20 heavy (non-hydrogen) atoms. The molecule has 0 aliphatic rings. The van der Waals surface area contributed by atoms with Gasteiger partial charge in [-0.3, -0.25) is 0 Å². The lowest BCUT2D eigenvalue weighted by Crippen LogP contribution is -2.08. The summed E-state index contributed by atoms with van der Waals surface area (Å²) in [6, 6.07) is 15.3. The van der Waals surface area contributed by atoms with Crippen molar-refractivity contribution in [3.05, 3.63) is 71.8 Å². The fourth-order valence-electron chi connectivity index (χ4n) is 1.60. The summed E-state index contributed by atoms with van der Waals surface area (Å²) in [5, 5.41) is 8.98. The molecule has 0 aliphatic carbocycles. The van der Waals surface area contributed by atoms with Gasteiger partial charge in [0.15, 0.2) is 0 Å². The first-order valence-corrected chi connectivity index (χ1v) is 5.94. The first-order chi connectivity index (χ1) is 9.66. The zero-order chi connectivity index (χ0) is 14.4. The topological polar surface area (TPSA) is 63.6 Å². The number of aromatic carboxylic acids is 1. The summed E-state index contributed by atoms with van der Waals surface area (Å²) in [4.78, 5) is 22.6. The quantitative estimate of drug-likeness (QED) is 0.526. The number of carbonyl (C=O) groups is 2. The Morgan fingerprint density at radius 3 is 2.30 bits per heavy atom. The van der Waals surface area contributed by atoms with Crippen LogP contribution in [0.1, 0.15) is 15.9 Å². The van der Waals surface area contributed by atoms with Gasteiger partial charge in [0.1, 0.15) is 11.3 Å².